The Morgan fingerprint density at radius 1 is 1.24 bits per heavy atom. The van der Waals surface area contributed by atoms with Crippen LogP contribution >= 0.6 is 24.0 Å². The number of rotatable bonds is 5. The smallest absolute Gasteiger partial charge is 0.248 e. The highest BCUT2D eigenvalue weighted by Gasteiger charge is 2.25. The number of hydrogen-bond donors (Lipinski definition) is 3. The van der Waals surface area contributed by atoms with E-state index >= 15 is 0 Å². The van der Waals surface area contributed by atoms with Gasteiger partial charge in [-0.3, -0.25) is 9.79 Å². The Kier molecular flexibility index (Phi) is 8.18. The molecule has 1 heterocycles. The van der Waals surface area contributed by atoms with E-state index < -0.39 is 17.5 Å². The lowest BCUT2D eigenvalue weighted by Crippen LogP contribution is -2.44. The largest absolute Gasteiger partial charge is 0.367 e. The summed E-state index contributed by atoms with van der Waals surface area (Å²) in [5.74, 6) is -0.961. The van der Waals surface area contributed by atoms with E-state index in [0.717, 1.165) is 18.1 Å². The van der Waals surface area contributed by atoms with E-state index in [4.69, 9.17) is 5.73 Å². The van der Waals surface area contributed by atoms with Gasteiger partial charge >= 0.3 is 0 Å². The summed E-state index contributed by atoms with van der Waals surface area (Å²) in [6.45, 7) is 1.80. The third-order valence-corrected chi connectivity index (χ3v) is 4.70. The number of primary amides is 1. The Morgan fingerprint density at radius 2 is 1.97 bits per heavy atom. The molecule has 1 atom stereocenters. The monoisotopic (exact) mass is 515 g/mol. The first kappa shape index (κ1) is 22.9. The minimum Gasteiger partial charge on any atom is -0.367 e. The molecule has 4 N–H and O–H groups in total. The number of hydrogen-bond acceptors (Lipinski definition) is 3. The molecular weight excluding hydrogens is 491 g/mol. The van der Waals surface area contributed by atoms with Crippen molar-refractivity contribution in [3.05, 3.63) is 65.2 Å². The maximum Gasteiger partial charge on any atom is 0.248 e. The van der Waals surface area contributed by atoms with Crippen molar-refractivity contribution >= 4 is 41.5 Å². The summed E-state index contributed by atoms with van der Waals surface area (Å²) >= 11 is 0. The summed E-state index contributed by atoms with van der Waals surface area (Å²) in [5.41, 5.74) is 7.09. The van der Waals surface area contributed by atoms with Crippen molar-refractivity contribution in [2.24, 2.45) is 10.7 Å². The fourth-order valence-corrected chi connectivity index (χ4v) is 3.20. The normalized spacial score (nSPS) is 16.3. The van der Waals surface area contributed by atoms with Crippen LogP contribution in [-0.2, 0) is 6.54 Å². The van der Waals surface area contributed by atoms with Gasteiger partial charge in [0, 0.05) is 44.4 Å². The molecule has 0 saturated carbocycles. The van der Waals surface area contributed by atoms with Gasteiger partial charge in [-0.2, -0.15) is 0 Å². The molecule has 0 aromatic heterocycles. The minimum atomic E-state index is -0.580. The molecule has 3 rings (SSSR count). The standard InChI is InChI=1S/C20H23F2N5O.HI/c1-24-20(25-11-13-2-4-14(5-3-13)19(23)28)26-16-8-9-27(12-16)18-7-6-15(21)10-17(18)22;/h2-7,10,16H,8-9,11-12H2,1H3,(H2,23,28)(H2,24,25,26);1H. The molecule has 1 aliphatic rings. The lowest BCUT2D eigenvalue weighted by Gasteiger charge is -2.21. The van der Waals surface area contributed by atoms with Gasteiger partial charge in [-0.1, -0.05) is 12.1 Å². The van der Waals surface area contributed by atoms with E-state index in [9.17, 15) is 13.6 Å². The van der Waals surface area contributed by atoms with Crippen molar-refractivity contribution in [2.75, 3.05) is 25.0 Å². The zero-order chi connectivity index (χ0) is 20.1. The summed E-state index contributed by atoms with van der Waals surface area (Å²) < 4.78 is 27.1. The van der Waals surface area contributed by atoms with Crippen molar-refractivity contribution in [3.63, 3.8) is 0 Å². The highest BCUT2D eigenvalue weighted by atomic mass is 127. The van der Waals surface area contributed by atoms with E-state index in [2.05, 4.69) is 15.6 Å². The van der Waals surface area contributed by atoms with Crippen molar-refractivity contribution in [3.8, 4) is 0 Å². The van der Waals surface area contributed by atoms with Crippen LogP contribution in [0, 0.1) is 11.6 Å². The Labute approximate surface area is 185 Å². The van der Waals surface area contributed by atoms with Gasteiger partial charge in [0.25, 0.3) is 0 Å². The molecule has 0 bridgehead atoms. The average Bonchev–Trinajstić information content (AvgIpc) is 3.13. The minimum absolute atomic E-state index is 0. The van der Waals surface area contributed by atoms with E-state index in [1.54, 1.807) is 19.2 Å². The Balaban J connectivity index is 0.00000300. The molecule has 2 aromatic carbocycles. The highest BCUT2D eigenvalue weighted by molar-refractivity contribution is 14.0. The Hall–Kier alpha value is -2.43. The molecule has 1 unspecified atom stereocenters. The number of amides is 1. The molecule has 9 heteroatoms. The summed E-state index contributed by atoms with van der Waals surface area (Å²) in [6, 6.07) is 10.7. The lowest BCUT2D eigenvalue weighted by atomic mass is 10.1. The third kappa shape index (κ3) is 6.02. The molecule has 1 fully saturated rings. The molecule has 6 nitrogen and oxygen atoms in total. The summed E-state index contributed by atoms with van der Waals surface area (Å²) in [6.07, 6.45) is 0.810. The number of nitrogens with one attached hydrogen (secondary N) is 2. The van der Waals surface area contributed by atoms with Crippen molar-refractivity contribution in [2.45, 2.75) is 19.0 Å². The first-order valence-corrected chi connectivity index (χ1v) is 9.02. The molecule has 2 aromatic rings. The molecule has 1 aliphatic heterocycles. The van der Waals surface area contributed by atoms with Crippen LogP contribution in [0.15, 0.2) is 47.5 Å². The summed E-state index contributed by atoms with van der Waals surface area (Å²) in [7, 11) is 1.68. The number of guanidine groups is 1. The van der Waals surface area contributed by atoms with Gasteiger partial charge in [0.05, 0.1) is 5.69 Å². The van der Waals surface area contributed by atoms with E-state index in [-0.39, 0.29) is 30.0 Å². The molecule has 1 amide bonds. The number of anilines is 1. The zero-order valence-corrected chi connectivity index (χ0v) is 18.3. The van der Waals surface area contributed by atoms with E-state index in [1.807, 2.05) is 17.0 Å². The quantitative estimate of drug-likeness (QED) is 0.325. The molecule has 0 spiro atoms. The highest BCUT2D eigenvalue weighted by Crippen LogP contribution is 2.24. The van der Waals surface area contributed by atoms with Crippen molar-refractivity contribution < 1.29 is 13.6 Å². The predicted molar refractivity (Wildman–Crippen MR) is 121 cm³/mol. The van der Waals surface area contributed by atoms with Crippen LogP contribution in [0.2, 0.25) is 0 Å². The first-order valence-electron chi connectivity index (χ1n) is 9.02. The third-order valence-electron chi connectivity index (χ3n) is 4.70. The number of nitrogens with zero attached hydrogens (tertiary/aromatic N) is 2. The SMILES string of the molecule is CN=C(NCc1ccc(C(N)=O)cc1)NC1CCN(c2ccc(F)cc2F)C1.I. The second-order valence-electron chi connectivity index (χ2n) is 6.66. The molecule has 29 heavy (non-hydrogen) atoms. The number of carbonyl (C=O) groups is 1. The maximum atomic E-state index is 14.0. The Morgan fingerprint density at radius 3 is 2.59 bits per heavy atom. The van der Waals surface area contributed by atoms with Crippen molar-refractivity contribution in [1.82, 2.24) is 10.6 Å². The summed E-state index contributed by atoms with van der Waals surface area (Å²) in [5, 5.41) is 6.54. The number of aliphatic imine (C=N–C) groups is 1. The predicted octanol–water partition coefficient (Wildman–Crippen LogP) is 2.63. The lowest BCUT2D eigenvalue weighted by molar-refractivity contribution is 0.100. The number of benzene rings is 2. The van der Waals surface area contributed by atoms with Gasteiger partial charge in [0.15, 0.2) is 5.96 Å². The van der Waals surface area contributed by atoms with Gasteiger partial charge in [-0.15, -0.1) is 24.0 Å². The van der Waals surface area contributed by atoms with Gasteiger partial charge in [0.1, 0.15) is 11.6 Å². The van der Waals surface area contributed by atoms with Gasteiger partial charge < -0.3 is 21.3 Å². The van der Waals surface area contributed by atoms with Crippen LogP contribution in [0.1, 0.15) is 22.3 Å². The zero-order valence-electron chi connectivity index (χ0n) is 16.0. The van der Waals surface area contributed by atoms with Crippen LogP contribution in [0.4, 0.5) is 14.5 Å². The number of nitrogens with two attached hydrogens (primary N) is 1. The van der Waals surface area contributed by atoms with Gasteiger partial charge in [-0.25, -0.2) is 8.78 Å². The molecule has 0 aliphatic carbocycles. The van der Waals surface area contributed by atoms with Crippen LogP contribution in [-0.4, -0.2) is 38.0 Å². The van der Waals surface area contributed by atoms with Gasteiger partial charge in [0.2, 0.25) is 5.91 Å². The van der Waals surface area contributed by atoms with Crippen LogP contribution in [0.3, 0.4) is 0 Å². The van der Waals surface area contributed by atoms with E-state index in [1.165, 1.54) is 12.1 Å². The molecule has 156 valence electrons. The Bertz CT molecular complexity index is 876. The van der Waals surface area contributed by atoms with Crippen LogP contribution < -0.4 is 21.3 Å². The molecular formula is C20H24F2IN5O. The molecule has 0 radical (unpaired) electrons. The fourth-order valence-electron chi connectivity index (χ4n) is 3.20. The average molecular weight is 515 g/mol. The fraction of sp³-hybridized carbons (Fsp3) is 0.300. The van der Waals surface area contributed by atoms with Crippen LogP contribution in [0.25, 0.3) is 0 Å². The maximum absolute atomic E-state index is 14.0. The topological polar surface area (TPSA) is 82.7 Å². The van der Waals surface area contributed by atoms with Crippen molar-refractivity contribution in [1.29, 1.82) is 0 Å². The number of carbonyl (C=O) groups excluding carboxylic acids is 1. The summed E-state index contributed by atoms with van der Waals surface area (Å²) in [4.78, 5) is 17.2. The van der Waals surface area contributed by atoms with E-state index in [0.29, 0.717) is 36.8 Å². The van der Waals surface area contributed by atoms with Crippen LogP contribution in [0.5, 0.6) is 0 Å². The second-order valence-corrected chi connectivity index (χ2v) is 6.66. The molecule has 1 saturated heterocycles. The van der Waals surface area contributed by atoms with Gasteiger partial charge in [-0.05, 0) is 36.2 Å². The number of halogens is 3. The first-order chi connectivity index (χ1) is 13.5. The second kappa shape index (κ2) is 10.4.